The van der Waals surface area contributed by atoms with Gasteiger partial charge in [-0.1, -0.05) is 0 Å². The quantitative estimate of drug-likeness (QED) is 0.696. The van der Waals surface area contributed by atoms with Crippen molar-refractivity contribution in [1.29, 1.82) is 0 Å². The van der Waals surface area contributed by atoms with Crippen molar-refractivity contribution in [2.24, 2.45) is 0 Å². The smallest absolute Gasteiger partial charge is 0.147 e. The van der Waals surface area contributed by atoms with Crippen LogP contribution in [0.5, 0.6) is 5.75 Å². The molecule has 1 aromatic heterocycles. The summed E-state index contributed by atoms with van der Waals surface area (Å²) in [7, 11) is 1.68. The fraction of sp³-hybridized carbons (Fsp3) is 0.375. The molecule has 0 radical (unpaired) electrons. The van der Waals surface area contributed by atoms with E-state index < -0.39 is 0 Å². The Kier molecular flexibility index (Phi) is 5.04. The highest BCUT2D eigenvalue weighted by atomic mass is 79.9. The predicted molar refractivity (Wildman–Crippen MR) is 95.2 cm³/mol. The first-order valence-electron chi connectivity index (χ1n) is 7.00. The largest absolute Gasteiger partial charge is 0.494 e. The van der Waals surface area contributed by atoms with Gasteiger partial charge in [-0.25, -0.2) is 0 Å². The second-order valence-corrected chi connectivity index (χ2v) is 7.93. The number of rotatable bonds is 4. The Labute approximate surface area is 146 Å². The van der Waals surface area contributed by atoms with Crippen LogP contribution in [-0.2, 0) is 13.0 Å². The number of halogens is 2. The third-order valence-corrected chi connectivity index (χ3v) is 6.04. The average molecular weight is 431 g/mol. The van der Waals surface area contributed by atoms with Crippen molar-refractivity contribution in [2.75, 3.05) is 7.11 Å². The van der Waals surface area contributed by atoms with E-state index in [1.165, 1.54) is 30.4 Å². The molecule has 1 aliphatic carbocycles. The van der Waals surface area contributed by atoms with Gasteiger partial charge in [0.15, 0.2) is 0 Å². The summed E-state index contributed by atoms with van der Waals surface area (Å²) in [5.41, 5.74) is 2.75. The fourth-order valence-electron chi connectivity index (χ4n) is 2.85. The summed E-state index contributed by atoms with van der Waals surface area (Å²) in [6.45, 7) is 0.862. The fourth-order valence-corrected chi connectivity index (χ4v) is 5.44. The van der Waals surface area contributed by atoms with E-state index in [-0.39, 0.29) is 0 Å². The zero-order valence-electron chi connectivity index (χ0n) is 11.8. The maximum Gasteiger partial charge on any atom is 0.147 e. The van der Waals surface area contributed by atoms with Crippen molar-refractivity contribution in [2.45, 2.75) is 31.8 Å². The normalized spacial score (nSPS) is 17.6. The van der Waals surface area contributed by atoms with Crippen molar-refractivity contribution in [1.82, 2.24) is 5.32 Å². The molecule has 21 heavy (non-hydrogen) atoms. The van der Waals surface area contributed by atoms with Crippen molar-refractivity contribution >= 4 is 43.2 Å². The monoisotopic (exact) mass is 429 g/mol. The zero-order chi connectivity index (χ0) is 14.8. The first-order chi connectivity index (χ1) is 10.2. The van der Waals surface area contributed by atoms with Crippen LogP contribution in [0.25, 0.3) is 0 Å². The lowest BCUT2D eigenvalue weighted by Crippen LogP contribution is -2.23. The summed E-state index contributed by atoms with van der Waals surface area (Å²) in [4.78, 5) is 1.55. The van der Waals surface area contributed by atoms with Crippen LogP contribution in [0.3, 0.4) is 0 Å². The lowest BCUT2D eigenvalue weighted by atomic mass is 9.94. The highest BCUT2D eigenvalue weighted by Crippen LogP contribution is 2.36. The predicted octanol–water partition coefficient (Wildman–Crippen LogP) is 5.45. The Morgan fingerprint density at radius 3 is 2.81 bits per heavy atom. The summed E-state index contributed by atoms with van der Waals surface area (Å²) in [6, 6.07) is 7.00. The van der Waals surface area contributed by atoms with Gasteiger partial charge in [-0.2, -0.15) is 0 Å². The third-order valence-electron chi connectivity index (χ3n) is 3.87. The first-order valence-corrected chi connectivity index (χ1v) is 9.47. The van der Waals surface area contributed by atoms with E-state index in [1.807, 2.05) is 11.3 Å². The summed E-state index contributed by atoms with van der Waals surface area (Å²) < 4.78 is 7.31. The Morgan fingerprint density at radius 2 is 2.10 bits per heavy atom. The minimum absolute atomic E-state index is 0.486. The van der Waals surface area contributed by atoms with Crippen molar-refractivity contribution in [3.63, 3.8) is 0 Å². The second-order valence-electron chi connectivity index (χ2n) is 5.22. The SMILES string of the molecule is COc1c(Br)cc(CNC2CCCc3sccc32)cc1Br. The maximum absolute atomic E-state index is 5.35. The van der Waals surface area contributed by atoms with E-state index >= 15 is 0 Å². The topological polar surface area (TPSA) is 21.3 Å². The molecule has 5 heteroatoms. The van der Waals surface area contributed by atoms with Gasteiger partial charge in [-0.05, 0) is 85.8 Å². The van der Waals surface area contributed by atoms with Gasteiger partial charge in [0.25, 0.3) is 0 Å². The van der Waals surface area contributed by atoms with E-state index in [4.69, 9.17) is 4.74 Å². The van der Waals surface area contributed by atoms with Crippen LogP contribution in [0.15, 0.2) is 32.5 Å². The van der Waals surface area contributed by atoms with Gasteiger partial charge in [-0.15, -0.1) is 11.3 Å². The molecule has 1 heterocycles. The van der Waals surface area contributed by atoms with Crippen LogP contribution in [0.4, 0.5) is 0 Å². The molecule has 1 atom stereocenters. The van der Waals surface area contributed by atoms with Gasteiger partial charge in [0.1, 0.15) is 5.75 Å². The Balaban J connectivity index is 1.72. The van der Waals surface area contributed by atoms with E-state index in [1.54, 1.807) is 12.0 Å². The molecule has 0 saturated heterocycles. The molecule has 0 bridgehead atoms. The Hall–Kier alpha value is -0.360. The second kappa shape index (κ2) is 6.82. The van der Waals surface area contributed by atoms with Crippen molar-refractivity contribution in [3.8, 4) is 5.75 Å². The van der Waals surface area contributed by atoms with Gasteiger partial charge in [0.2, 0.25) is 0 Å². The number of hydrogen-bond acceptors (Lipinski definition) is 3. The molecule has 0 saturated carbocycles. The number of hydrogen-bond donors (Lipinski definition) is 1. The minimum atomic E-state index is 0.486. The molecule has 0 spiro atoms. The standard InChI is InChI=1S/C16H17Br2NOS/c1-20-16-12(17)7-10(8-13(16)18)9-19-14-3-2-4-15-11(14)5-6-21-15/h5-8,14,19H,2-4,9H2,1H3. The van der Waals surface area contributed by atoms with Gasteiger partial charge < -0.3 is 10.1 Å². The molecule has 1 N–H and O–H groups in total. The highest BCUT2D eigenvalue weighted by Gasteiger charge is 2.20. The molecular weight excluding hydrogens is 414 g/mol. The maximum atomic E-state index is 5.35. The summed E-state index contributed by atoms with van der Waals surface area (Å²) in [5.74, 6) is 0.844. The van der Waals surface area contributed by atoms with E-state index in [0.29, 0.717) is 6.04 Å². The summed E-state index contributed by atoms with van der Waals surface area (Å²) in [6.07, 6.45) is 3.74. The molecule has 0 amide bonds. The molecule has 2 aromatic rings. The summed E-state index contributed by atoms with van der Waals surface area (Å²) >= 11 is 9.01. The number of nitrogens with one attached hydrogen (secondary N) is 1. The van der Waals surface area contributed by atoms with Crippen LogP contribution in [0, 0.1) is 0 Å². The number of aryl methyl sites for hydroxylation is 1. The molecule has 0 aliphatic heterocycles. The lowest BCUT2D eigenvalue weighted by molar-refractivity contribution is 0.409. The number of fused-ring (bicyclic) bond motifs is 1. The lowest BCUT2D eigenvalue weighted by Gasteiger charge is -2.24. The third kappa shape index (κ3) is 3.36. The Bertz CT molecular complexity index is 618. The minimum Gasteiger partial charge on any atom is -0.494 e. The van der Waals surface area contributed by atoms with E-state index in [0.717, 1.165) is 21.2 Å². The van der Waals surface area contributed by atoms with Crippen LogP contribution in [-0.4, -0.2) is 7.11 Å². The van der Waals surface area contributed by atoms with Crippen LogP contribution >= 0.6 is 43.2 Å². The average Bonchev–Trinajstić information content (AvgIpc) is 2.93. The van der Waals surface area contributed by atoms with Crippen LogP contribution < -0.4 is 10.1 Å². The molecule has 1 aliphatic rings. The van der Waals surface area contributed by atoms with Crippen molar-refractivity contribution < 1.29 is 4.74 Å². The molecule has 0 fully saturated rings. The van der Waals surface area contributed by atoms with E-state index in [2.05, 4.69) is 60.8 Å². The number of benzene rings is 1. The van der Waals surface area contributed by atoms with Gasteiger partial charge in [0, 0.05) is 17.5 Å². The Morgan fingerprint density at radius 1 is 1.33 bits per heavy atom. The van der Waals surface area contributed by atoms with Gasteiger partial charge in [0.05, 0.1) is 16.1 Å². The van der Waals surface area contributed by atoms with E-state index in [9.17, 15) is 0 Å². The summed E-state index contributed by atoms with van der Waals surface area (Å²) in [5, 5.41) is 5.91. The zero-order valence-corrected chi connectivity index (χ0v) is 15.8. The molecule has 1 unspecified atom stereocenters. The molecule has 1 aromatic carbocycles. The number of methoxy groups -OCH3 is 1. The van der Waals surface area contributed by atoms with Gasteiger partial charge >= 0.3 is 0 Å². The molecular formula is C16H17Br2NOS. The van der Waals surface area contributed by atoms with Crippen LogP contribution in [0.2, 0.25) is 0 Å². The highest BCUT2D eigenvalue weighted by molar-refractivity contribution is 9.11. The molecule has 2 nitrogen and oxygen atoms in total. The molecule has 3 rings (SSSR count). The number of ether oxygens (including phenoxy) is 1. The van der Waals surface area contributed by atoms with Crippen LogP contribution in [0.1, 0.15) is 34.9 Å². The van der Waals surface area contributed by atoms with Crippen molar-refractivity contribution in [3.05, 3.63) is 48.5 Å². The first kappa shape index (κ1) is 15.5. The number of thiophene rings is 1. The van der Waals surface area contributed by atoms with Gasteiger partial charge in [-0.3, -0.25) is 0 Å². The molecule has 112 valence electrons.